The molecule has 0 unspecified atom stereocenters. The smallest absolute Gasteiger partial charge is 0.205 e. The van der Waals surface area contributed by atoms with Crippen molar-refractivity contribution in [1.82, 2.24) is 0 Å². The van der Waals surface area contributed by atoms with Gasteiger partial charge < -0.3 is 14.2 Å². The number of rotatable bonds is 12. The lowest BCUT2D eigenvalue weighted by Gasteiger charge is -2.15. The number of para-hydroxylation sites is 2. The number of carbonyl (C=O) groups excluding carboxylic acids is 2. The van der Waals surface area contributed by atoms with Crippen molar-refractivity contribution >= 4 is 68.0 Å². The van der Waals surface area contributed by atoms with Gasteiger partial charge in [-0.05, 0) is 97.5 Å². The molecule has 0 aromatic heterocycles. The van der Waals surface area contributed by atoms with Crippen LogP contribution in [0.4, 0.5) is 0 Å². The van der Waals surface area contributed by atoms with Crippen LogP contribution in [0.15, 0.2) is 82.9 Å². The van der Waals surface area contributed by atoms with Crippen LogP contribution >= 0.6 is 46.4 Å². The SMILES string of the molecule is CCc1cccc(/C(Cl)=C(\Cl)C(=O)c2ccc(Oc3ccc(C(=O)/C(Cl)=C(\Cl)c4cccc(CC)c4OC)cc3C)c(C)c2)c1OC. The Morgan fingerprint density at radius 2 is 0.979 bits per heavy atom. The zero-order valence-corrected chi connectivity index (χ0v) is 29.9. The van der Waals surface area contributed by atoms with E-state index in [4.69, 9.17) is 60.6 Å². The first kappa shape index (κ1) is 36.1. The molecule has 0 saturated carbocycles. The minimum absolute atomic E-state index is 0.108. The van der Waals surface area contributed by atoms with Gasteiger partial charge in [0.15, 0.2) is 0 Å². The van der Waals surface area contributed by atoms with E-state index < -0.39 is 11.6 Å². The number of allylic oxidation sites excluding steroid dienone is 2. The van der Waals surface area contributed by atoms with Gasteiger partial charge >= 0.3 is 0 Å². The molecule has 0 saturated heterocycles. The summed E-state index contributed by atoms with van der Waals surface area (Å²) in [7, 11) is 3.11. The summed E-state index contributed by atoms with van der Waals surface area (Å²) in [5, 5.41) is -0.0211. The molecule has 0 radical (unpaired) electrons. The van der Waals surface area contributed by atoms with Crippen molar-refractivity contribution in [1.29, 1.82) is 0 Å². The largest absolute Gasteiger partial charge is 0.496 e. The zero-order valence-electron chi connectivity index (χ0n) is 26.9. The van der Waals surface area contributed by atoms with Gasteiger partial charge in [0.05, 0.1) is 24.3 Å². The number of hydrogen-bond donors (Lipinski definition) is 0. The standard InChI is InChI=1S/C38H34Cl4O5/c1-7-23-11-9-13-27(37(23)45-5)31(39)33(41)35(43)25-15-17-29(21(3)19-25)47-30-18-16-26(20-22(30)4)36(44)34(42)32(40)28-14-10-12-24(8-2)38(28)46-6/h9-20H,7-8H2,1-6H3/b33-31+,34-32+. The molecule has 4 rings (SSSR count). The predicted molar refractivity (Wildman–Crippen MR) is 193 cm³/mol. The molecule has 0 N–H and O–H groups in total. The number of Topliss-reactive ketones (excluding diaryl/α,β-unsaturated/α-hetero) is 2. The molecule has 4 aromatic rings. The second-order valence-corrected chi connectivity index (χ2v) is 12.2. The fourth-order valence-corrected chi connectivity index (χ4v) is 6.06. The van der Waals surface area contributed by atoms with E-state index >= 15 is 0 Å². The van der Waals surface area contributed by atoms with Crippen molar-refractivity contribution in [3.63, 3.8) is 0 Å². The third-order valence-electron chi connectivity index (χ3n) is 7.71. The number of hydrogen-bond acceptors (Lipinski definition) is 5. The van der Waals surface area contributed by atoms with E-state index in [1.807, 2.05) is 52.0 Å². The van der Waals surface area contributed by atoms with Gasteiger partial charge in [0.2, 0.25) is 11.6 Å². The van der Waals surface area contributed by atoms with E-state index in [-0.39, 0.29) is 20.1 Å². The first-order valence-electron chi connectivity index (χ1n) is 14.9. The molecule has 0 aliphatic carbocycles. The number of aryl methyl sites for hydroxylation is 4. The highest BCUT2D eigenvalue weighted by Crippen LogP contribution is 2.39. The van der Waals surface area contributed by atoms with Crippen LogP contribution in [0.3, 0.4) is 0 Å². The topological polar surface area (TPSA) is 61.8 Å². The van der Waals surface area contributed by atoms with Crippen molar-refractivity contribution in [2.45, 2.75) is 40.5 Å². The quantitative estimate of drug-likeness (QED) is 0.108. The Labute approximate surface area is 295 Å². The average Bonchev–Trinajstić information content (AvgIpc) is 3.10. The van der Waals surface area contributed by atoms with Gasteiger partial charge in [-0.1, -0.05) is 84.5 Å². The molecule has 0 atom stereocenters. The maximum atomic E-state index is 13.3. The van der Waals surface area contributed by atoms with Gasteiger partial charge in [-0.15, -0.1) is 0 Å². The Kier molecular flexibility index (Phi) is 12.2. The monoisotopic (exact) mass is 710 g/mol. The van der Waals surface area contributed by atoms with Crippen molar-refractivity contribution in [2.24, 2.45) is 0 Å². The van der Waals surface area contributed by atoms with Crippen LogP contribution in [0.1, 0.15) is 67.9 Å². The van der Waals surface area contributed by atoms with Crippen LogP contribution in [0.5, 0.6) is 23.0 Å². The molecule has 4 aromatic carbocycles. The molecule has 47 heavy (non-hydrogen) atoms. The number of ether oxygens (including phenoxy) is 3. The molecule has 0 aliphatic rings. The van der Waals surface area contributed by atoms with E-state index in [1.165, 1.54) is 0 Å². The molecular formula is C38H34Cl4O5. The zero-order chi connectivity index (χ0) is 34.4. The number of benzene rings is 4. The van der Waals surface area contributed by atoms with Crippen LogP contribution in [-0.4, -0.2) is 25.8 Å². The minimum atomic E-state index is -0.433. The summed E-state index contributed by atoms with van der Waals surface area (Å²) in [5.41, 5.74) is 5.08. The maximum Gasteiger partial charge on any atom is 0.205 e. The summed E-state index contributed by atoms with van der Waals surface area (Å²) in [4.78, 5) is 26.7. The van der Waals surface area contributed by atoms with E-state index in [2.05, 4.69) is 0 Å². The number of ketones is 2. The third kappa shape index (κ3) is 7.71. The highest BCUT2D eigenvalue weighted by atomic mass is 35.5. The molecule has 0 fully saturated rings. The fraction of sp³-hybridized carbons (Fsp3) is 0.211. The molecular weight excluding hydrogens is 678 g/mol. The third-order valence-corrected chi connectivity index (χ3v) is 9.41. The second kappa shape index (κ2) is 15.9. The highest BCUT2D eigenvalue weighted by Gasteiger charge is 2.22. The number of carbonyl (C=O) groups is 2. The molecule has 0 bridgehead atoms. The van der Waals surface area contributed by atoms with E-state index in [1.54, 1.807) is 62.8 Å². The molecule has 0 aliphatic heterocycles. The molecule has 9 heteroatoms. The Hall–Kier alpha value is -3.74. The fourth-order valence-electron chi connectivity index (χ4n) is 5.17. The van der Waals surface area contributed by atoms with Crippen LogP contribution < -0.4 is 14.2 Å². The van der Waals surface area contributed by atoms with Crippen LogP contribution in [0, 0.1) is 13.8 Å². The summed E-state index contributed by atoms with van der Waals surface area (Å²) >= 11 is 26.3. The first-order valence-corrected chi connectivity index (χ1v) is 16.4. The summed E-state index contributed by atoms with van der Waals surface area (Å²) in [5.74, 6) is 1.34. The van der Waals surface area contributed by atoms with Crippen LogP contribution in [-0.2, 0) is 12.8 Å². The molecule has 0 spiro atoms. The predicted octanol–water partition coefficient (Wildman–Crippen LogP) is 11.3. The molecule has 5 nitrogen and oxygen atoms in total. The van der Waals surface area contributed by atoms with Crippen molar-refractivity contribution in [2.75, 3.05) is 14.2 Å². The van der Waals surface area contributed by atoms with Gasteiger partial charge in [0.1, 0.15) is 33.1 Å². The first-order chi connectivity index (χ1) is 22.5. The Bertz CT molecular complexity index is 1770. The van der Waals surface area contributed by atoms with Crippen molar-refractivity contribution < 1.29 is 23.8 Å². The van der Waals surface area contributed by atoms with Crippen molar-refractivity contribution in [3.8, 4) is 23.0 Å². The van der Waals surface area contributed by atoms with Crippen molar-refractivity contribution in [3.05, 3.63) is 127 Å². The summed E-state index contributed by atoms with van der Waals surface area (Å²) in [6.07, 6.45) is 1.46. The maximum absolute atomic E-state index is 13.3. The highest BCUT2D eigenvalue weighted by molar-refractivity contribution is 6.61. The molecule has 0 heterocycles. The molecule has 244 valence electrons. The Balaban J connectivity index is 1.56. The van der Waals surface area contributed by atoms with Gasteiger partial charge in [-0.3, -0.25) is 9.59 Å². The summed E-state index contributed by atoms with van der Waals surface area (Å²) in [6.45, 7) is 7.65. The second-order valence-electron chi connectivity index (χ2n) is 10.7. The lowest BCUT2D eigenvalue weighted by Crippen LogP contribution is -2.04. The lowest BCUT2D eigenvalue weighted by molar-refractivity contribution is 0.103. The van der Waals surface area contributed by atoms with Crippen LogP contribution in [0.25, 0.3) is 10.1 Å². The normalized spacial score (nSPS) is 12.2. The van der Waals surface area contributed by atoms with Gasteiger partial charge in [0, 0.05) is 22.3 Å². The van der Waals surface area contributed by atoms with Crippen LogP contribution in [0.2, 0.25) is 0 Å². The minimum Gasteiger partial charge on any atom is -0.496 e. The van der Waals surface area contributed by atoms with Gasteiger partial charge in [0.25, 0.3) is 0 Å². The lowest BCUT2D eigenvalue weighted by atomic mass is 10.0. The summed E-state index contributed by atoms with van der Waals surface area (Å²) < 4.78 is 17.3. The van der Waals surface area contributed by atoms with Gasteiger partial charge in [-0.25, -0.2) is 0 Å². The Morgan fingerprint density at radius 3 is 1.30 bits per heavy atom. The van der Waals surface area contributed by atoms with E-state index in [9.17, 15) is 9.59 Å². The van der Waals surface area contributed by atoms with E-state index in [0.29, 0.717) is 56.4 Å². The number of methoxy groups -OCH3 is 2. The summed E-state index contributed by atoms with van der Waals surface area (Å²) in [6, 6.07) is 21.1. The number of halogens is 4. The van der Waals surface area contributed by atoms with E-state index in [0.717, 1.165) is 24.0 Å². The molecule has 0 amide bonds. The average molecular weight is 712 g/mol. The van der Waals surface area contributed by atoms with Gasteiger partial charge in [-0.2, -0.15) is 0 Å². The Morgan fingerprint density at radius 1 is 0.596 bits per heavy atom.